The van der Waals surface area contributed by atoms with Gasteiger partial charge in [0.2, 0.25) is 0 Å². The molecule has 6 heteroatoms. The van der Waals surface area contributed by atoms with Crippen LogP contribution in [0.3, 0.4) is 0 Å². The van der Waals surface area contributed by atoms with Crippen molar-refractivity contribution < 1.29 is 17.9 Å². The highest BCUT2D eigenvalue weighted by Crippen LogP contribution is 2.44. The zero-order chi connectivity index (χ0) is 27.6. The summed E-state index contributed by atoms with van der Waals surface area (Å²) in [6.07, 6.45) is 3.99. The van der Waals surface area contributed by atoms with E-state index in [4.69, 9.17) is 4.74 Å². The molecular weight excluding hydrogens is 494 g/mol. The minimum absolute atomic E-state index is 0.212. The number of ether oxygens (including phenoxy) is 1. The Labute approximate surface area is 225 Å². The molecule has 0 aliphatic heterocycles. The summed E-state index contributed by atoms with van der Waals surface area (Å²) in [4.78, 5) is 11.4. The van der Waals surface area contributed by atoms with Gasteiger partial charge < -0.3 is 4.74 Å². The van der Waals surface area contributed by atoms with Crippen LogP contribution < -0.4 is 4.74 Å². The predicted octanol–water partition coefficient (Wildman–Crippen LogP) is 7.79. The molecule has 0 atom stereocenters. The molecule has 0 fully saturated rings. The number of aromatic nitrogens is 1. The van der Waals surface area contributed by atoms with Crippen molar-refractivity contribution >= 4 is 32.8 Å². The molecule has 38 heavy (non-hydrogen) atoms. The third-order valence-corrected chi connectivity index (χ3v) is 8.54. The van der Waals surface area contributed by atoms with Crippen LogP contribution in [0.15, 0.2) is 77.8 Å². The fraction of sp³-hybridized carbons (Fsp3) is 0.281. The highest BCUT2D eigenvalue weighted by Gasteiger charge is 2.25. The maximum absolute atomic E-state index is 13.8. The molecule has 4 rings (SSSR count). The second-order valence-corrected chi connectivity index (χ2v) is 11.9. The van der Waals surface area contributed by atoms with E-state index in [9.17, 15) is 13.2 Å². The first-order valence-electron chi connectivity index (χ1n) is 13.0. The maximum Gasteiger partial charge on any atom is 0.268 e. The number of carbonyl (C=O) groups excluding carboxylic acids is 1. The van der Waals surface area contributed by atoms with E-state index in [0.29, 0.717) is 12.1 Å². The molecule has 1 aromatic heterocycles. The van der Waals surface area contributed by atoms with Crippen molar-refractivity contribution in [3.63, 3.8) is 0 Å². The monoisotopic (exact) mass is 529 g/mol. The van der Waals surface area contributed by atoms with Gasteiger partial charge in [0.15, 0.2) is 0 Å². The van der Waals surface area contributed by atoms with Gasteiger partial charge in [-0.15, -0.1) is 0 Å². The quantitative estimate of drug-likeness (QED) is 0.164. The lowest BCUT2D eigenvalue weighted by atomic mass is 9.89. The summed E-state index contributed by atoms with van der Waals surface area (Å²) in [5.74, 6) is 1.26. The summed E-state index contributed by atoms with van der Waals surface area (Å²) in [5.41, 5.74) is 6.10. The molecule has 0 saturated heterocycles. The first-order chi connectivity index (χ1) is 18.1. The van der Waals surface area contributed by atoms with E-state index in [0.717, 1.165) is 50.8 Å². The fourth-order valence-electron chi connectivity index (χ4n) is 4.71. The van der Waals surface area contributed by atoms with E-state index < -0.39 is 10.0 Å². The Bertz CT molecular complexity index is 1610. The Kier molecular flexibility index (Phi) is 7.93. The highest BCUT2D eigenvalue weighted by molar-refractivity contribution is 7.90. The van der Waals surface area contributed by atoms with Gasteiger partial charge in [-0.05, 0) is 84.4 Å². The number of nitrogens with zero attached hydrogens (tertiary/aromatic N) is 1. The van der Waals surface area contributed by atoms with Gasteiger partial charge in [0, 0.05) is 22.7 Å². The molecule has 0 aliphatic rings. The van der Waals surface area contributed by atoms with Gasteiger partial charge in [-0.1, -0.05) is 58.0 Å². The summed E-state index contributed by atoms with van der Waals surface area (Å²) in [7, 11) is -3.87. The van der Waals surface area contributed by atoms with Gasteiger partial charge in [0.05, 0.1) is 17.0 Å². The normalized spacial score (nSPS) is 12.5. The van der Waals surface area contributed by atoms with Gasteiger partial charge in [0.25, 0.3) is 10.0 Å². The van der Waals surface area contributed by atoms with Gasteiger partial charge in [-0.2, -0.15) is 0 Å². The van der Waals surface area contributed by atoms with E-state index in [1.165, 1.54) is 10.0 Å². The SMILES string of the molecule is CCOc1c(-c2cn(S(=O)(=O)c3ccccc3)c3ccc(/C(C)=C/C=O)cc23)cc(C(C)C)cc1C(C)C. The number of aldehydes is 1. The minimum atomic E-state index is -3.87. The molecule has 0 N–H and O–H groups in total. The molecule has 0 saturated carbocycles. The zero-order valence-electron chi connectivity index (χ0n) is 22.9. The number of carbonyl (C=O) groups is 1. The highest BCUT2D eigenvalue weighted by atomic mass is 32.2. The van der Waals surface area contributed by atoms with Crippen molar-refractivity contribution in [3.8, 4) is 16.9 Å². The third-order valence-electron chi connectivity index (χ3n) is 6.85. The van der Waals surface area contributed by atoms with Gasteiger partial charge >= 0.3 is 0 Å². The molecule has 3 aromatic carbocycles. The lowest BCUT2D eigenvalue weighted by molar-refractivity contribution is -0.104. The van der Waals surface area contributed by atoms with Crippen LogP contribution in [0, 0.1) is 0 Å². The molecule has 0 bridgehead atoms. The number of hydrogen-bond acceptors (Lipinski definition) is 4. The first kappa shape index (κ1) is 27.4. The Hall–Kier alpha value is -3.64. The average Bonchev–Trinajstić information content (AvgIpc) is 3.29. The predicted molar refractivity (Wildman–Crippen MR) is 155 cm³/mol. The van der Waals surface area contributed by atoms with Crippen LogP contribution in [0.2, 0.25) is 0 Å². The molecule has 0 amide bonds. The largest absolute Gasteiger partial charge is 0.493 e. The summed E-state index contributed by atoms with van der Waals surface area (Å²) in [5, 5.41) is 0.775. The molecule has 0 unspecified atom stereocenters. The van der Waals surface area contributed by atoms with Crippen LogP contribution in [0.25, 0.3) is 27.6 Å². The van der Waals surface area contributed by atoms with Crippen molar-refractivity contribution in [1.29, 1.82) is 0 Å². The number of fused-ring (bicyclic) bond motifs is 1. The van der Waals surface area contributed by atoms with Crippen molar-refractivity contribution in [1.82, 2.24) is 3.97 Å². The van der Waals surface area contributed by atoms with E-state index in [-0.39, 0.29) is 16.7 Å². The Morgan fingerprint density at radius 3 is 2.26 bits per heavy atom. The molecule has 198 valence electrons. The molecule has 1 heterocycles. The van der Waals surface area contributed by atoms with E-state index in [2.05, 4.69) is 39.8 Å². The molecule has 4 aromatic rings. The lowest BCUT2D eigenvalue weighted by Gasteiger charge is -2.20. The van der Waals surface area contributed by atoms with Crippen molar-refractivity contribution in [2.75, 3.05) is 6.61 Å². The number of hydrogen-bond donors (Lipinski definition) is 0. The molecular formula is C32H35NO4S. The number of benzene rings is 3. The summed E-state index contributed by atoms with van der Waals surface area (Å²) in [6.45, 7) is 12.9. The van der Waals surface area contributed by atoms with Crippen molar-refractivity contribution in [2.45, 2.75) is 58.3 Å². The van der Waals surface area contributed by atoms with Crippen molar-refractivity contribution in [3.05, 3.63) is 89.6 Å². The van der Waals surface area contributed by atoms with Crippen LogP contribution in [0.4, 0.5) is 0 Å². The summed E-state index contributed by atoms with van der Waals surface area (Å²) < 4.78 is 35.3. The maximum atomic E-state index is 13.8. The van der Waals surface area contributed by atoms with Crippen LogP contribution in [0.1, 0.15) is 70.1 Å². The summed E-state index contributed by atoms with van der Waals surface area (Å²) in [6, 6.07) is 18.4. The Morgan fingerprint density at radius 1 is 0.947 bits per heavy atom. The Balaban J connectivity index is 2.14. The number of allylic oxidation sites excluding steroid dienone is 2. The molecule has 0 spiro atoms. The Morgan fingerprint density at radius 2 is 1.66 bits per heavy atom. The minimum Gasteiger partial charge on any atom is -0.493 e. The van der Waals surface area contributed by atoms with E-state index in [1.807, 2.05) is 32.0 Å². The second-order valence-electron chi connectivity index (χ2n) is 10.1. The van der Waals surface area contributed by atoms with Gasteiger partial charge in [0.1, 0.15) is 12.0 Å². The van der Waals surface area contributed by atoms with Gasteiger partial charge in [-0.3, -0.25) is 4.79 Å². The first-order valence-corrected chi connectivity index (χ1v) is 14.4. The smallest absolute Gasteiger partial charge is 0.268 e. The standard InChI is InChI=1S/C32H35NO4S/c1-7-37-32-27(22(4)5)18-25(21(2)3)19-29(32)30-20-33(38(35,36)26-11-9-8-10-12-26)31-14-13-24(17-28(30)31)23(6)15-16-34/h8-22H,7H2,1-6H3/b23-15+. The lowest BCUT2D eigenvalue weighted by Crippen LogP contribution is -2.11. The van der Waals surface area contributed by atoms with Crippen molar-refractivity contribution in [2.24, 2.45) is 0 Å². The molecule has 5 nitrogen and oxygen atoms in total. The topological polar surface area (TPSA) is 65.4 Å². The molecule has 0 radical (unpaired) electrons. The fourth-order valence-corrected chi connectivity index (χ4v) is 6.10. The third kappa shape index (κ3) is 5.05. The van der Waals surface area contributed by atoms with Crippen LogP contribution >= 0.6 is 0 Å². The zero-order valence-corrected chi connectivity index (χ0v) is 23.7. The summed E-state index contributed by atoms with van der Waals surface area (Å²) >= 11 is 0. The number of rotatable bonds is 9. The van der Waals surface area contributed by atoms with E-state index in [1.54, 1.807) is 36.5 Å². The molecule has 0 aliphatic carbocycles. The van der Waals surface area contributed by atoms with E-state index >= 15 is 0 Å². The van der Waals surface area contributed by atoms with Crippen LogP contribution in [-0.4, -0.2) is 25.3 Å². The average molecular weight is 530 g/mol. The second kappa shape index (κ2) is 11.0. The van der Waals surface area contributed by atoms with Crippen LogP contribution in [-0.2, 0) is 14.8 Å². The van der Waals surface area contributed by atoms with Gasteiger partial charge in [-0.25, -0.2) is 12.4 Å². The van der Waals surface area contributed by atoms with Crippen LogP contribution in [0.5, 0.6) is 5.75 Å².